The van der Waals surface area contributed by atoms with Gasteiger partial charge in [-0.1, -0.05) is 17.7 Å². The highest BCUT2D eigenvalue weighted by atomic mass is 31.2. The van der Waals surface area contributed by atoms with Crippen molar-refractivity contribution in [1.29, 1.82) is 0 Å². The van der Waals surface area contributed by atoms with E-state index in [9.17, 15) is 19.3 Å². The predicted molar refractivity (Wildman–Crippen MR) is 311 cm³/mol. The van der Waals surface area contributed by atoms with Crippen LogP contribution in [0.4, 0.5) is 26.9 Å². The number of benzene rings is 3. The van der Waals surface area contributed by atoms with E-state index in [1.54, 1.807) is 43.9 Å². The zero-order chi connectivity index (χ0) is 56.3. The molecule has 9 rings (SSSR count). The number of phenols is 1. The number of phenolic OH excluding ortho intramolecular Hbond substituents is 1. The number of rotatable bonds is 18. The van der Waals surface area contributed by atoms with Crippen molar-refractivity contribution in [2.24, 2.45) is 0 Å². The maximum absolute atomic E-state index is 12.9. The molecule has 22 nitrogen and oxygen atoms in total. The number of carbonyl (C=O) groups is 2. The number of aryl methyl sites for hydroxylation is 2. The van der Waals surface area contributed by atoms with Gasteiger partial charge in [-0.25, -0.2) is 24.7 Å². The lowest BCUT2D eigenvalue weighted by atomic mass is 10.0. The first kappa shape index (κ1) is 60.7. The Bertz CT molecular complexity index is 2760. The average molecular weight is 1110 g/mol. The summed E-state index contributed by atoms with van der Waals surface area (Å²) in [5.74, 6) is 2.82. The number of hydrogen-bond acceptors (Lipinski definition) is 19. The number of β-amino-alcohol motifs (C(OH)–C–C–N with tert-alkyl or cyclic N) is 1. The largest absolute Gasteiger partial charge is 0.504 e. The minimum Gasteiger partial charge on any atom is -0.504 e. The van der Waals surface area contributed by atoms with Crippen LogP contribution < -0.4 is 24.6 Å². The second kappa shape index (κ2) is 30.1. The fourth-order valence-electron chi connectivity index (χ4n) is 10.1. The van der Waals surface area contributed by atoms with Gasteiger partial charge in [-0.05, 0) is 83.1 Å². The number of nitrogens with one attached hydrogen (secondary N) is 1. The summed E-state index contributed by atoms with van der Waals surface area (Å²) in [6.45, 7) is 22.4. The van der Waals surface area contributed by atoms with Gasteiger partial charge in [0.2, 0.25) is 7.85 Å². The number of fused-ring (bicyclic) bond motifs is 2. The summed E-state index contributed by atoms with van der Waals surface area (Å²) >= 11 is 0. The highest BCUT2D eigenvalue weighted by Gasteiger charge is 2.28. The number of nitrogens with zero attached hydrogens (tertiary/aromatic N) is 12. The Morgan fingerprint density at radius 3 is 1.71 bits per heavy atom. The number of methoxy groups -OCH3 is 2. The summed E-state index contributed by atoms with van der Waals surface area (Å²) < 4.78 is 34.7. The minimum atomic E-state index is -3.00. The summed E-state index contributed by atoms with van der Waals surface area (Å²) in [5, 5.41) is 23.4. The van der Waals surface area contributed by atoms with Gasteiger partial charge in [0.15, 0.2) is 17.3 Å². The molecule has 6 heterocycles. The standard InChI is InChI=1S/C34H50N7O5P.C14H18N4O2.C7H13BN2O2/c1-5-45-47(43,46-6-2)23-22-39-16-14-38(15-17-39)13-7-8-28-24-31-30(25-32(28)44-4)33(36-26-35-31)40-18-20-41(21-19-40)34(42)37-29-11-9-27(3)10-12-29;1-17-3-5-18(6-4-17)14-10-7-13(20-2)12(19)8-11(10)15-9-16-14;8-7(12)10-3-1-9(2-4-10)5-6-11/h9-12,24-26H,5-8,13-23H2,1-4H3,(H,37,42);7-9,19H,3-6H2,1-2H3;11H,1-6H2. The van der Waals surface area contributed by atoms with Gasteiger partial charge in [0.1, 0.15) is 30.0 Å². The lowest BCUT2D eigenvalue weighted by molar-refractivity contribution is 0.131. The first-order chi connectivity index (χ1) is 38.2. The molecule has 0 aliphatic carbocycles. The van der Waals surface area contributed by atoms with Crippen molar-refractivity contribution in [3.05, 3.63) is 72.3 Å². The molecular formula is C55H81BN13O9P. The first-order valence-electron chi connectivity index (χ1n) is 27.6. The van der Waals surface area contributed by atoms with Gasteiger partial charge in [-0.15, -0.1) is 0 Å². The molecular weight excluding hydrogens is 1030 g/mol. The van der Waals surface area contributed by atoms with E-state index in [1.165, 1.54) is 0 Å². The number of anilines is 3. The van der Waals surface area contributed by atoms with Gasteiger partial charge in [-0.2, -0.15) is 0 Å². The van der Waals surface area contributed by atoms with Crippen molar-refractivity contribution in [3.8, 4) is 17.2 Å². The highest BCUT2D eigenvalue weighted by molar-refractivity contribution is 7.53. The molecule has 0 saturated carbocycles. The van der Waals surface area contributed by atoms with E-state index >= 15 is 0 Å². The quantitative estimate of drug-likeness (QED) is 0.0768. The predicted octanol–water partition coefficient (Wildman–Crippen LogP) is 5.10. The molecule has 24 heteroatoms. The van der Waals surface area contributed by atoms with Crippen LogP contribution in [0.2, 0.25) is 0 Å². The smallest absolute Gasteiger partial charge is 0.331 e. The van der Waals surface area contributed by atoms with Gasteiger partial charge < -0.3 is 68.4 Å². The molecule has 4 saturated heterocycles. The topological polar surface area (TPSA) is 218 Å². The first-order valence-corrected chi connectivity index (χ1v) is 29.3. The molecule has 3 aromatic carbocycles. The van der Waals surface area contributed by atoms with Crippen LogP contribution in [0.15, 0.2) is 61.2 Å². The molecule has 5 aromatic rings. The number of ether oxygens (including phenoxy) is 2. The van der Waals surface area contributed by atoms with Crippen LogP contribution in [0.25, 0.3) is 21.8 Å². The molecule has 2 radical (unpaired) electrons. The van der Waals surface area contributed by atoms with Gasteiger partial charge in [0.25, 0.3) is 0 Å². The SMILES string of the molecule is CCOP(=O)(CCN1CCN(CCCc2cc3ncnc(N4CCN(C(=O)Nc5ccc(C)cc5)CC4)c3cc2OC)CC1)OCC.COc1cc2c(N3CCN(C)CC3)ncnc2cc1O.[B]C(=O)N1CCN(CCO)CC1. The third-order valence-electron chi connectivity index (χ3n) is 14.7. The Morgan fingerprint density at radius 1 is 0.658 bits per heavy atom. The highest BCUT2D eigenvalue weighted by Crippen LogP contribution is 2.47. The van der Waals surface area contributed by atoms with Crippen LogP contribution >= 0.6 is 7.60 Å². The monoisotopic (exact) mass is 1110 g/mol. The molecule has 0 atom stereocenters. The molecule has 4 aliphatic heterocycles. The second-order valence-electron chi connectivity index (χ2n) is 20.0. The fraction of sp³-hybridized carbons (Fsp3) is 0.564. The summed E-state index contributed by atoms with van der Waals surface area (Å²) in [5.41, 5.74) is 4.73. The lowest BCUT2D eigenvalue weighted by Gasteiger charge is -2.35. The number of aliphatic hydroxyl groups excluding tert-OH is 1. The van der Waals surface area contributed by atoms with Gasteiger partial charge in [0.05, 0.1) is 51.2 Å². The normalized spacial score (nSPS) is 17.0. The van der Waals surface area contributed by atoms with E-state index in [2.05, 4.69) is 73.8 Å². The van der Waals surface area contributed by atoms with Crippen LogP contribution in [0.5, 0.6) is 17.2 Å². The molecule has 0 spiro atoms. The summed E-state index contributed by atoms with van der Waals surface area (Å²) in [4.78, 5) is 58.7. The molecule has 3 N–H and O–H groups in total. The van der Waals surface area contributed by atoms with E-state index in [1.807, 2.05) is 49.9 Å². The van der Waals surface area contributed by atoms with Crippen molar-refractivity contribution < 1.29 is 42.9 Å². The lowest BCUT2D eigenvalue weighted by Crippen LogP contribution is -2.50. The fourth-order valence-corrected chi connectivity index (χ4v) is 11.7. The molecule has 4 fully saturated rings. The minimum absolute atomic E-state index is 0.0826. The molecule has 2 aromatic heterocycles. The number of aromatic hydroxyl groups is 1. The van der Waals surface area contributed by atoms with E-state index in [-0.39, 0.29) is 24.2 Å². The van der Waals surface area contributed by atoms with Crippen molar-refractivity contribution >= 4 is 66.4 Å². The maximum Gasteiger partial charge on any atom is 0.331 e. The third kappa shape index (κ3) is 17.3. The van der Waals surface area contributed by atoms with Crippen LogP contribution in [-0.4, -0.2) is 251 Å². The molecule has 4 aliphatic rings. The Balaban J connectivity index is 0.000000228. The van der Waals surface area contributed by atoms with E-state index in [4.69, 9.17) is 31.5 Å². The number of aliphatic hydroxyl groups is 1. The Kier molecular flexibility index (Phi) is 23.1. The van der Waals surface area contributed by atoms with Gasteiger partial charge in [-0.3, -0.25) is 14.3 Å². The molecule has 0 bridgehead atoms. The average Bonchev–Trinajstić information content (AvgIpc) is 3.58. The number of urea groups is 1. The third-order valence-corrected chi connectivity index (χ3v) is 16.8. The van der Waals surface area contributed by atoms with Crippen molar-refractivity contribution in [2.45, 2.75) is 33.6 Å². The number of amides is 3. The van der Waals surface area contributed by atoms with Crippen molar-refractivity contribution in [3.63, 3.8) is 0 Å². The number of piperazine rings is 4. The number of likely N-dealkylation sites (N-methyl/N-ethyl adjacent to an activating group) is 1. The van der Waals surface area contributed by atoms with Crippen LogP contribution in [-0.2, 0) is 20.0 Å². The number of hydrogen-bond donors (Lipinski definition) is 3. The Labute approximate surface area is 466 Å². The second-order valence-corrected chi connectivity index (χ2v) is 22.2. The molecule has 79 heavy (non-hydrogen) atoms. The summed E-state index contributed by atoms with van der Waals surface area (Å²) in [6.07, 6.45) is 5.51. The summed E-state index contributed by atoms with van der Waals surface area (Å²) in [6, 6.07) is 15.4. The zero-order valence-corrected chi connectivity index (χ0v) is 48.0. The molecule has 0 unspecified atom stereocenters. The van der Waals surface area contributed by atoms with Gasteiger partial charge in [0, 0.05) is 140 Å². The van der Waals surface area contributed by atoms with E-state index in [0.717, 1.165) is 147 Å². The molecule has 3 amide bonds. The number of aromatic nitrogens is 4. The Hall–Kier alpha value is -5.91. The van der Waals surface area contributed by atoms with Crippen LogP contribution in [0.3, 0.4) is 0 Å². The van der Waals surface area contributed by atoms with Crippen LogP contribution in [0, 0.1) is 6.92 Å². The van der Waals surface area contributed by atoms with E-state index in [0.29, 0.717) is 70.9 Å². The Morgan fingerprint density at radius 2 is 1.16 bits per heavy atom. The number of carbonyl (C=O) groups excluding carboxylic acids is 2. The van der Waals surface area contributed by atoms with E-state index < -0.39 is 7.60 Å². The molecule has 428 valence electrons. The van der Waals surface area contributed by atoms with Crippen molar-refractivity contribution in [1.82, 2.24) is 49.3 Å². The summed E-state index contributed by atoms with van der Waals surface area (Å²) in [7, 11) is 7.48. The van der Waals surface area contributed by atoms with Gasteiger partial charge >= 0.3 is 13.6 Å². The van der Waals surface area contributed by atoms with Crippen molar-refractivity contribution in [2.75, 3.05) is 187 Å². The van der Waals surface area contributed by atoms with Crippen LogP contribution in [0.1, 0.15) is 31.4 Å². The zero-order valence-electron chi connectivity index (χ0n) is 47.1. The maximum atomic E-state index is 12.9.